The topological polar surface area (TPSA) is 55.5 Å². The molecule has 0 saturated heterocycles. The van der Waals surface area contributed by atoms with E-state index in [-0.39, 0.29) is 11.8 Å². The minimum Gasteiger partial charge on any atom is -0.504 e. The summed E-state index contributed by atoms with van der Waals surface area (Å²) < 4.78 is 5.39. The molecule has 3 nitrogen and oxygen atoms in total. The second-order valence-corrected chi connectivity index (χ2v) is 4.89. The third-order valence-electron chi connectivity index (χ3n) is 3.16. The van der Waals surface area contributed by atoms with E-state index < -0.39 is 0 Å². The first-order chi connectivity index (χ1) is 9.69. The average molecular weight is 271 g/mol. The van der Waals surface area contributed by atoms with Crippen LogP contribution in [0.2, 0.25) is 0 Å². The number of ether oxygens (including phenoxy) is 1. The van der Waals surface area contributed by atoms with Crippen molar-refractivity contribution in [1.29, 1.82) is 0 Å². The third kappa shape index (κ3) is 4.00. The summed E-state index contributed by atoms with van der Waals surface area (Å²) >= 11 is 0. The normalized spacial score (nSPS) is 12.1. The van der Waals surface area contributed by atoms with Crippen LogP contribution in [0.25, 0.3) is 0 Å². The number of benzene rings is 2. The Morgan fingerprint density at radius 2 is 1.75 bits per heavy atom. The van der Waals surface area contributed by atoms with E-state index >= 15 is 0 Å². The number of hydrogen-bond acceptors (Lipinski definition) is 3. The Hall–Kier alpha value is -2.00. The minimum absolute atomic E-state index is 0.0522. The summed E-state index contributed by atoms with van der Waals surface area (Å²) in [6.07, 6.45) is 1.60. The van der Waals surface area contributed by atoms with E-state index in [0.29, 0.717) is 12.4 Å². The standard InChI is InChI=1S/C17H21NO2/c1-2-20-17-12-14(8-9-16(17)19)11-15(18)10-13-6-4-3-5-7-13/h3-9,12,15,19H,2,10-11,18H2,1H3. The van der Waals surface area contributed by atoms with Gasteiger partial charge in [0.05, 0.1) is 6.61 Å². The van der Waals surface area contributed by atoms with Crippen LogP contribution >= 0.6 is 0 Å². The molecule has 1 atom stereocenters. The fourth-order valence-electron chi connectivity index (χ4n) is 2.25. The molecule has 0 radical (unpaired) electrons. The lowest BCUT2D eigenvalue weighted by Gasteiger charge is -2.13. The van der Waals surface area contributed by atoms with Crippen LogP contribution in [0.3, 0.4) is 0 Å². The molecule has 0 bridgehead atoms. The van der Waals surface area contributed by atoms with Crippen molar-refractivity contribution in [1.82, 2.24) is 0 Å². The molecule has 3 N–H and O–H groups in total. The number of aromatic hydroxyl groups is 1. The maximum atomic E-state index is 9.68. The van der Waals surface area contributed by atoms with Crippen molar-refractivity contribution >= 4 is 0 Å². The van der Waals surface area contributed by atoms with Crippen molar-refractivity contribution in [2.24, 2.45) is 5.73 Å². The zero-order valence-corrected chi connectivity index (χ0v) is 11.8. The molecule has 0 amide bonds. The molecule has 106 valence electrons. The van der Waals surface area contributed by atoms with Crippen molar-refractivity contribution < 1.29 is 9.84 Å². The molecule has 0 aliphatic heterocycles. The molecule has 2 rings (SSSR count). The molecule has 0 saturated carbocycles. The van der Waals surface area contributed by atoms with Gasteiger partial charge in [-0.2, -0.15) is 0 Å². The lowest BCUT2D eigenvalue weighted by Crippen LogP contribution is -2.25. The Labute approximate surface area is 120 Å². The number of rotatable bonds is 6. The van der Waals surface area contributed by atoms with Gasteiger partial charge in [-0.3, -0.25) is 0 Å². The van der Waals surface area contributed by atoms with Gasteiger partial charge in [0, 0.05) is 6.04 Å². The highest BCUT2D eigenvalue weighted by Gasteiger charge is 2.08. The van der Waals surface area contributed by atoms with Gasteiger partial charge in [0.2, 0.25) is 0 Å². The maximum absolute atomic E-state index is 9.68. The second kappa shape index (κ2) is 6.96. The van der Waals surface area contributed by atoms with Crippen LogP contribution in [0.4, 0.5) is 0 Å². The molecule has 0 spiro atoms. The van der Waals surface area contributed by atoms with Crippen molar-refractivity contribution in [3.63, 3.8) is 0 Å². The van der Waals surface area contributed by atoms with E-state index in [1.165, 1.54) is 5.56 Å². The number of hydrogen-bond donors (Lipinski definition) is 2. The fourth-order valence-corrected chi connectivity index (χ4v) is 2.25. The first-order valence-electron chi connectivity index (χ1n) is 6.93. The van der Waals surface area contributed by atoms with Gasteiger partial charge in [0.1, 0.15) is 0 Å². The minimum atomic E-state index is 0.0522. The van der Waals surface area contributed by atoms with Gasteiger partial charge in [-0.25, -0.2) is 0 Å². The first-order valence-corrected chi connectivity index (χ1v) is 6.93. The molecule has 3 heteroatoms. The molecule has 0 aliphatic carbocycles. The van der Waals surface area contributed by atoms with Crippen molar-refractivity contribution in [3.05, 3.63) is 59.7 Å². The van der Waals surface area contributed by atoms with Crippen LogP contribution in [-0.4, -0.2) is 17.8 Å². The number of nitrogens with two attached hydrogens (primary N) is 1. The second-order valence-electron chi connectivity index (χ2n) is 4.89. The van der Waals surface area contributed by atoms with Crippen molar-refractivity contribution in [2.45, 2.75) is 25.8 Å². The van der Waals surface area contributed by atoms with E-state index in [0.717, 1.165) is 18.4 Å². The van der Waals surface area contributed by atoms with Gasteiger partial charge in [-0.1, -0.05) is 36.4 Å². The molecular formula is C17H21NO2. The van der Waals surface area contributed by atoms with E-state index in [9.17, 15) is 5.11 Å². The fraction of sp³-hybridized carbons (Fsp3) is 0.294. The molecule has 0 heterocycles. The lowest BCUT2D eigenvalue weighted by atomic mass is 9.99. The predicted molar refractivity (Wildman–Crippen MR) is 81.1 cm³/mol. The van der Waals surface area contributed by atoms with E-state index in [1.54, 1.807) is 6.07 Å². The summed E-state index contributed by atoms with van der Waals surface area (Å²) in [7, 11) is 0. The Balaban J connectivity index is 2.00. The largest absolute Gasteiger partial charge is 0.504 e. The Bertz CT molecular complexity index is 540. The molecule has 0 fully saturated rings. The summed E-state index contributed by atoms with van der Waals surface area (Å²) in [5.41, 5.74) is 8.51. The van der Waals surface area contributed by atoms with Crippen LogP contribution in [0.15, 0.2) is 48.5 Å². The Kier molecular flexibility index (Phi) is 5.02. The van der Waals surface area contributed by atoms with Crippen LogP contribution in [0, 0.1) is 0 Å². The quantitative estimate of drug-likeness (QED) is 0.849. The Morgan fingerprint density at radius 3 is 2.45 bits per heavy atom. The molecule has 0 aromatic heterocycles. The third-order valence-corrected chi connectivity index (χ3v) is 3.16. The smallest absolute Gasteiger partial charge is 0.161 e. The molecule has 1 unspecified atom stereocenters. The van der Waals surface area contributed by atoms with Crippen molar-refractivity contribution in [3.8, 4) is 11.5 Å². The van der Waals surface area contributed by atoms with Gasteiger partial charge in [0.25, 0.3) is 0 Å². The SMILES string of the molecule is CCOc1cc(CC(N)Cc2ccccc2)ccc1O. The van der Waals surface area contributed by atoms with Crippen molar-refractivity contribution in [2.75, 3.05) is 6.61 Å². The predicted octanol–water partition coefficient (Wildman–Crippen LogP) is 2.90. The number of phenolic OH excluding ortho intramolecular Hbond substituents is 1. The summed E-state index contributed by atoms with van der Waals surface area (Å²) in [5, 5.41) is 9.68. The van der Waals surface area contributed by atoms with Crippen LogP contribution in [-0.2, 0) is 12.8 Å². The highest BCUT2D eigenvalue weighted by Crippen LogP contribution is 2.27. The highest BCUT2D eigenvalue weighted by molar-refractivity contribution is 5.42. The van der Waals surface area contributed by atoms with Crippen LogP contribution in [0.1, 0.15) is 18.1 Å². The van der Waals surface area contributed by atoms with Gasteiger partial charge < -0.3 is 15.6 Å². The van der Waals surface area contributed by atoms with Gasteiger partial charge >= 0.3 is 0 Å². The molecular weight excluding hydrogens is 250 g/mol. The molecule has 2 aromatic carbocycles. The van der Waals surface area contributed by atoms with E-state index in [1.807, 2.05) is 37.3 Å². The van der Waals surface area contributed by atoms with Gasteiger partial charge in [-0.05, 0) is 43.0 Å². The lowest BCUT2D eigenvalue weighted by molar-refractivity contribution is 0.317. The monoisotopic (exact) mass is 271 g/mol. The molecule has 2 aromatic rings. The summed E-state index contributed by atoms with van der Waals surface area (Å²) in [4.78, 5) is 0. The first kappa shape index (κ1) is 14.4. The van der Waals surface area contributed by atoms with E-state index in [4.69, 9.17) is 10.5 Å². The van der Waals surface area contributed by atoms with Crippen LogP contribution in [0.5, 0.6) is 11.5 Å². The molecule has 0 aliphatic rings. The van der Waals surface area contributed by atoms with Gasteiger partial charge in [0.15, 0.2) is 11.5 Å². The Morgan fingerprint density at radius 1 is 1.05 bits per heavy atom. The zero-order valence-electron chi connectivity index (χ0n) is 11.8. The summed E-state index contributed by atoms with van der Waals surface area (Å²) in [5.74, 6) is 0.698. The molecule has 20 heavy (non-hydrogen) atoms. The van der Waals surface area contributed by atoms with Gasteiger partial charge in [-0.15, -0.1) is 0 Å². The highest BCUT2D eigenvalue weighted by atomic mass is 16.5. The zero-order chi connectivity index (χ0) is 14.4. The maximum Gasteiger partial charge on any atom is 0.161 e. The summed E-state index contributed by atoms with van der Waals surface area (Å²) in [6, 6.07) is 15.7. The summed E-state index contributed by atoms with van der Waals surface area (Å²) in [6.45, 7) is 2.43. The van der Waals surface area contributed by atoms with E-state index in [2.05, 4.69) is 12.1 Å². The van der Waals surface area contributed by atoms with Crippen LogP contribution < -0.4 is 10.5 Å². The number of phenols is 1. The average Bonchev–Trinajstić information content (AvgIpc) is 2.44.